The summed E-state index contributed by atoms with van der Waals surface area (Å²) in [5, 5.41) is 7.02. The van der Waals surface area contributed by atoms with E-state index in [2.05, 4.69) is 53.2 Å². The molecule has 0 amide bonds. The number of rotatable bonds is 9. The molecule has 1 unspecified atom stereocenters. The van der Waals surface area contributed by atoms with E-state index >= 15 is 0 Å². The highest BCUT2D eigenvalue weighted by Crippen LogP contribution is 2.17. The van der Waals surface area contributed by atoms with Crippen LogP contribution in [0.1, 0.15) is 59.3 Å². The SMILES string of the molecule is CCNC(=NCC(C(C)C)N1CCCCCC1)NCCCN1CCCN(C)CC1. The Morgan fingerprint density at radius 2 is 1.66 bits per heavy atom. The Morgan fingerprint density at radius 3 is 2.34 bits per heavy atom. The molecule has 2 saturated heterocycles. The van der Waals surface area contributed by atoms with Crippen LogP contribution in [0.5, 0.6) is 0 Å². The molecule has 2 rings (SSSR count). The van der Waals surface area contributed by atoms with Crippen molar-refractivity contribution < 1.29 is 0 Å². The normalized spacial score (nSPS) is 22.3. The summed E-state index contributed by atoms with van der Waals surface area (Å²) in [7, 11) is 2.24. The molecule has 2 heterocycles. The smallest absolute Gasteiger partial charge is 0.191 e. The van der Waals surface area contributed by atoms with Crippen molar-refractivity contribution in [3.8, 4) is 0 Å². The summed E-state index contributed by atoms with van der Waals surface area (Å²) in [6, 6.07) is 0.553. The monoisotopic (exact) mass is 408 g/mol. The van der Waals surface area contributed by atoms with Gasteiger partial charge < -0.3 is 20.4 Å². The molecule has 0 aliphatic carbocycles. The average molecular weight is 409 g/mol. The van der Waals surface area contributed by atoms with Crippen molar-refractivity contribution in [1.29, 1.82) is 0 Å². The van der Waals surface area contributed by atoms with Gasteiger partial charge in [0.25, 0.3) is 0 Å². The van der Waals surface area contributed by atoms with Gasteiger partial charge in [-0.2, -0.15) is 0 Å². The van der Waals surface area contributed by atoms with Crippen LogP contribution in [0.3, 0.4) is 0 Å². The van der Waals surface area contributed by atoms with E-state index < -0.39 is 0 Å². The molecular formula is C23H48N6. The van der Waals surface area contributed by atoms with Gasteiger partial charge in [0.15, 0.2) is 5.96 Å². The quantitative estimate of drug-likeness (QED) is 0.349. The van der Waals surface area contributed by atoms with E-state index in [0.717, 1.165) is 25.6 Å². The van der Waals surface area contributed by atoms with E-state index in [1.165, 1.54) is 84.3 Å². The highest BCUT2D eigenvalue weighted by Gasteiger charge is 2.22. The Bertz CT molecular complexity index is 445. The number of guanidine groups is 1. The van der Waals surface area contributed by atoms with Gasteiger partial charge in [0.1, 0.15) is 0 Å². The van der Waals surface area contributed by atoms with Crippen molar-refractivity contribution in [3.63, 3.8) is 0 Å². The molecule has 0 bridgehead atoms. The average Bonchev–Trinajstić information content (AvgIpc) is 3.08. The van der Waals surface area contributed by atoms with E-state index in [4.69, 9.17) is 4.99 Å². The van der Waals surface area contributed by atoms with Crippen molar-refractivity contribution >= 4 is 5.96 Å². The van der Waals surface area contributed by atoms with Crippen LogP contribution in [0.15, 0.2) is 4.99 Å². The van der Waals surface area contributed by atoms with Crippen molar-refractivity contribution in [1.82, 2.24) is 25.3 Å². The molecule has 6 nitrogen and oxygen atoms in total. The van der Waals surface area contributed by atoms with E-state index in [9.17, 15) is 0 Å². The predicted octanol–water partition coefficient (Wildman–Crippen LogP) is 2.47. The van der Waals surface area contributed by atoms with Crippen LogP contribution in [0, 0.1) is 5.92 Å². The summed E-state index contributed by atoms with van der Waals surface area (Å²) in [6.45, 7) is 18.2. The van der Waals surface area contributed by atoms with Crippen LogP contribution in [0.4, 0.5) is 0 Å². The first-order valence-electron chi connectivity index (χ1n) is 12.3. The Morgan fingerprint density at radius 1 is 0.897 bits per heavy atom. The van der Waals surface area contributed by atoms with Gasteiger partial charge in [0, 0.05) is 32.2 Å². The van der Waals surface area contributed by atoms with Crippen LogP contribution in [-0.4, -0.2) is 99.2 Å². The lowest BCUT2D eigenvalue weighted by Gasteiger charge is -2.32. The Labute approximate surface area is 180 Å². The lowest BCUT2D eigenvalue weighted by molar-refractivity contribution is 0.166. The van der Waals surface area contributed by atoms with Gasteiger partial charge in [-0.15, -0.1) is 0 Å². The fraction of sp³-hybridized carbons (Fsp3) is 0.957. The summed E-state index contributed by atoms with van der Waals surface area (Å²) in [4.78, 5) is 12.7. The second kappa shape index (κ2) is 14.2. The van der Waals surface area contributed by atoms with E-state index in [1.54, 1.807) is 0 Å². The lowest BCUT2D eigenvalue weighted by atomic mass is 10.0. The number of nitrogens with zero attached hydrogens (tertiary/aromatic N) is 4. The first kappa shape index (κ1) is 24.4. The topological polar surface area (TPSA) is 46.1 Å². The standard InChI is InChI=1S/C23H48N6/c1-5-24-23(25-12-10-14-28-15-11-13-27(4)18-19-28)26-20-22(21(2)3)29-16-8-6-7-9-17-29/h21-22H,5-20H2,1-4H3,(H2,24,25,26). The minimum Gasteiger partial charge on any atom is -0.357 e. The van der Waals surface area contributed by atoms with Gasteiger partial charge in [0.2, 0.25) is 0 Å². The predicted molar refractivity (Wildman–Crippen MR) is 126 cm³/mol. The summed E-state index contributed by atoms with van der Waals surface area (Å²) in [5.74, 6) is 1.63. The molecule has 0 saturated carbocycles. The van der Waals surface area contributed by atoms with Crippen LogP contribution >= 0.6 is 0 Å². The molecular weight excluding hydrogens is 360 g/mol. The number of nitrogens with one attached hydrogen (secondary N) is 2. The lowest BCUT2D eigenvalue weighted by Crippen LogP contribution is -2.44. The maximum atomic E-state index is 4.98. The first-order valence-corrected chi connectivity index (χ1v) is 12.3. The molecule has 2 aliphatic heterocycles. The molecule has 1 atom stereocenters. The molecule has 0 spiro atoms. The van der Waals surface area contributed by atoms with Crippen LogP contribution < -0.4 is 10.6 Å². The zero-order valence-electron chi connectivity index (χ0n) is 19.8. The van der Waals surface area contributed by atoms with Crippen molar-refractivity contribution in [2.45, 2.75) is 65.3 Å². The van der Waals surface area contributed by atoms with Crippen LogP contribution in [0.2, 0.25) is 0 Å². The molecule has 0 radical (unpaired) electrons. The molecule has 6 heteroatoms. The summed E-state index contributed by atoms with van der Waals surface area (Å²) in [5.41, 5.74) is 0. The fourth-order valence-electron chi connectivity index (χ4n) is 4.53. The Hall–Kier alpha value is -0.850. The highest BCUT2D eigenvalue weighted by atomic mass is 15.2. The summed E-state index contributed by atoms with van der Waals surface area (Å²) < 4.78 is 0. The molecule has 2 N–H and O–H groups in total. The second-order valence-electron chi connectivity index (χ2n) is 9.26. The Balaban J connectivity index is 1.77. The molecule has 0 aromatic heterocycles. The molecule has 29 heavy (non-hydrogen) atoms. The van der Waals surface area contributed by atoms with Gasteiger partial charge >= 0.3 is 0 Å². The second-order valence-corrected chi connectivity index (χ2v) is 9.26. The van der Waals surface area contributed by atoms with Gasteiger partial charge in [-0.05, 0) is 78.3 Å². The van der Waals surface area contributed by atoms with Crippen LogP contribution in [0.25, 0.3) is 0 Å². The third-order valence-corrected chi connectivity index (χ3v) is 6.42. The number of likely N-dealkylation sites (N-methyl/N-ethyl adjacent to an activating group) is 1. The molecule has 0 aromatic rings. The number of hydrogen-bond donors (Lipinski definition) is 2. The number of hydrogen-bond acceptors (Lipinski definition) is 4. The van der Waals surface area contributed by atoms with Crippen LogP contribution in [-0.2, 0) is 0 Å². The molecule has 170 valence electrons. The maximum absolute atomic E-state index is 4.98. The molecule has 0 aromatic carbocycles. The first-order chi connectivity index (χ1) is 14.1. The number of aliphatic imine (C=N–C) groups is 1. The summed E-state index contributed by atoms with van der Waals surface area (Å²) >= 11 is 0. The minimum atomic E-state index is 0.553. The van der Waals surface area contributed by atoms with E-state index in [1.807, 2.05) is 0 Å². The molecule has 2 fully saturated rings. The molecule has 2 aliphatic rings. The van der Waals surface area contributed by atoms with Crippen molar-refractivity contribution in [3.05, 3.63) is 0 Å². The zero-order valence-corrected chi connectivity index (χ0v) is 19.8. The third-order valence-electron chi connectivity index (χ3n) is 6.42. The van der Waals surface area contributed by atoms with E-state index in [-0.39, 0.29) is 0 Å². The van der Waals surface area contributed by atoms with Crippen molar-refractivity contribution in [2.24, 2.45) is 10.9 Å². The van der Waals surface area contributed by atoms with Gasteiger partial charge in [-0.25, -0.2) is 0 Å². The highest BCUT2D eigenvalue weighted by molar-refractivity contribution is 5.79. The van der Waals surface area contributed by atoms with Crippen molar-refractivity contribution in [2.75, 3.05) is 72.5 Å². The minimum absolute atomic E-state index is 0.553. The van der Waals surface area contributed by atoms with Gasteiger partial charge in [-0.3, -0.25) is 9.89 Å². The van der Waals surface area contributed by atoms with Gasteiger partial charge in [-0.1, -0.05) is 26.7 Å². The Kier molecular flexibility index (Phi) is 12.0. The maximum Gasteiger partial charge on any atom is 0.191 e. The van der Waals surface area contributed by atoms with E-state index in [0.29, 0.717) is 12.0 Å². The third kappa shape index (κ3) is 9.67. The summed E-state index contributed by atoms with van der Waals surface area (Å²) in [6.07, 6.45) is 7.94. The zero-order chi connectivity index (χ0) is 20.9. The largest absolute Gasteiger partial charge is 0.357 e. The number of likely N-dealkylation sites (tertiary alicyclic amines) is 1. The van der Waals surface area contributed by atoms with Gasteiger partial charge in [0.05, 0.1) is 6.54 Å². The fourth-order valence-corrected chi connectivity index (χ4v) is 4.53.